The maximum atomic E-state index is 12.6. The molecule has 0 aromatic carbocycles. The molecule has 0 saturated carbocycles. The summed E-state index contributed by atoms with van der Waals surface area (Å²) in [6, 6.07) is 1.89. The van der Waals surface area contributed by atoms with Crippen LogP contribution in [0.15, 0.2) is 31.5 Å². The highest BCUT2D eigenvalue weighted by molar-refractivity contribution is 8.16. The molecule has 1 aliphatic rings. The fraction of sp³-hybridized carbons (Fsp3) is 0.529. The number of carbonyl (C=O) groups is 1. The van der Waals surface area contributed by atoms with Crippen molar-refractivity contribution < 1.29 is 19.2 Å². The van der Waals surface area contributed by atoms with Crippen molar-refractivity contribution in [1.82, 2.24) is 5.32 Å². The third-order valence-corrected chi connectivity index (χ3v) is 4.88. The van der Waals surface area contributed by atoms with Crippen LogP contribution in [0.3, 0.4) is 0 Å². The molecule has 0 radical (unpaired) electrons. The minimum atomic E-state index is -0.576. The zero-order valence-corrected chi connectivity index (χ0v) is 15.8. The largest absolute Gasteiger partial charge is 0.493 e. The zero-order chi connectivity index (χ0) is 19.1. The Morgan fingerprint density at radius 3 is 2.96 bits per heavy atom. The quantitative estimate of drug-likeness (QED) is 0.406. The molecule has 142 valence electrons. The summed E-state index contributed by atoms with van der Waals surface area (Å²) in [6.45, 7) is 5.85. The Morgan fingerprint density at radius 1 is 1.54 bits per heavy atom. The molecule has 0 spiro atoms. The Kier molecular flexibility index (Phi) is 7.26. The molecule has 0 fully saturated rings. The van der Waals surface area contributed by atoms with Gasteiger partial charge in [0, 0.05) is 11.8 Å². The smallest absolute Gasteiger partial charge is 0.339 e. The highest BCUT2D eigenvalue weighted by Crippen LogP contribution is 2.24. The van der Waals surface area contributed by atoms with Gasteiger partial charge in [0.2, 0.25) is 5.91 Å². The summed E-state index contributed by atoms with van der Waals surface area (Å²) in [5, 5.41) is 15.4. The number of hydrogen-bond donors (Lipinski definition) is 2. The van der Waals surface area contributed by atoms with Crippen molar-refractivity contribution in [2.45, 2.75) is 45.7 Å². The van der Waals surface area contributed by atoms with Crippen molar-refractivity contribution in [1.29, 1.82) is 0 Å². The second-order valence-electron chi connectivity index (χ2n) is 5.74. The van der Waals surface area contributed by atoms with Gasteiger partial charge in [-0.3, -0.25) is 9.79 Å². The van der Waals surface area contributed by atoms with Crippen LogP contribution < -0.4 is 15.7 Å². The van der Waals surface area contributed by atoms with Gasteiger partial charge in [0.25, 0.3) is 0 Å². The number of carbonyl (C=O) groups excluding carboxylic acids is 1. The first kappa shape index (κ1) is 20.0. The van der Waals surface area contributed by atoms with Crippen LogP contribution in [0.2, 0.25) is 0 Å². The monoisotopic (exact) mass is 381 g/mol. The number of ether oxygens (including phenoxy) is 1. The SMILES string of the molecule is CCCC(NC(=O)C1CSC(/C(C)=N/O)=N1)c1cc(OCC)cc(=O)o1. The highest BCUT2D eigenvalue weighted by atomic mass is 32.2. The lowest BCUT2D eigenvalue weighted by molar-refractivity contribution is -0.122. The van der Waals surface area contributed by atoms with Crippen molar-refractivity contribution in [3.05, 3.63) is 28.3 Å². The standard InChI is InChI=1S/C17H23N3O5S/c1-4-6-12(14-7-11(24-5-2)8-15(21)25-14)18-16(22)13-9-26-17(19-13)10(3)20-23/h7-8,12-13,23H,4-6,9H2,1-3H3,(H,18,22)/b20-10+. The van der Waals surface area contributed by atoms with Gasteiger partial charge in [0.05, 0.1) is 18.7 Å². The van der Waals surface area contributed by atoms with Crippen molar-refractivity contribution in [2.24, 2.45) is 10.1 Å². The average molecular weight is 381 g/mol. The van der Waals surface area contributed by atoms with Gasteiger partial charge in [-0.15, -0.1) is 11.8 Å². The molecule has 2 heterocycles. The van der Waals surface area contributed by atoms with E-state index in [1.165, 1.54) is 17.8 Å². The molecule has 0 bridgehead atoms. The molecule has 0 saturated heterocycles. The molecule has 1 aromatic heterocycles. The van der Waals surface area contributed by atoms with Crippen LogP contribution in [0.25, 0.3) is 0 Å². The summed E-state index contributed by atoms with van der Waals surface area (Å²) < 4.78 is 10.7. The molecule has 2 unspecified atom stereocenters. The summed E-state index contributed by atoms with van der Waals surface area (Å²) in [5.74, 6) is 0.983. The van der Waals surface area contributed by atoms with Gasteiger partial charge in [-0.1, -0.05) is 18.5 Å². The van der Waals surface area contributed by atoms with E-state index in [2.05, 4.69) is 15.5 Å². The summed E-state index contributed by atoms with van der Waals surface area (Å²) in [7, 11) is 0. The van der Waals surface area contributed by atoms with Crippen LogP contribution in [-0.2, 0) is 4.79 Å². The first-order valence-corrected chi connectivity index (χ1v) is 9.44. The molecule has 1 amide bonds. The number of nitrogens with zero attached hydrogens (tertiary/aromatic N) is 2. The Morgan fingerprint density at radius 2 is 2.31 bits per heavy atom. The lowest BCUT2D eigenvalue weighted by atomic mass is 10.1. The van der Waals surface area contributed by atoms with Crippen LogP contribution in [0.1, 0.15) is 45.4 Å². The minimum Gasteiger partial charge on any atom is -0.493 e. The van der Waals surface area contributed by atoms with Crippen LogP contribution >= 0.6 is 11.8 Å². The molecule has 0 aliphatic carbocycles. The molecule has 2 N–H and O–H groups in total. The van der Waals surface area contributed by atoms with E-state index in [-0.39, 0.29) is 5.91 Å². The molecule has 8 nitrogen and oxygen atoms in total. The molecule has 1 aromatic rings. The second kappa shape index (κ2) is 9.42. The van der Waals surface area contributed by atoms with E-state index in [0.29, 0.717) is 41.0 Å². The van der Waals surface area contributed by atoms with Crippen molar-refractivity contribution in [3.8, 4) is 5.75 Å². The number of aliphatic imine (C=N–C) groups is 1. The summed E-state index contributed by atoms with van der Waals surface area (Å²) >= 11 is 1.36. The van der Waals surface area contributed by atoms with Gasteiger partial charge in [-0.2, -0.15) is 0 Å². The van der Waals surface area contributed by atoms with E-state index >= 15 is 0 Å². The second-order valence-corrected chi connectivity index (χ2v) is 6.75. The lowest BCUT2D eigenvalue weighted by Gasteiger charge is -2.19. The third kappa shape index (κ3) is 5.10. The van der Waals surface area contributed by atoms with Crippen LogP contribution in [-0.4, -0.2) is 40.3 Å². The van der Waals surface area contributed by atoms with E-state index in [1.54, 1.807) is 13.0 Å². The number of amides is 1. The maximum absolute atomic E-state index is 12.6. The van der Waals surface area contributed by atoms with E-state index in [9.17, 15) is 9.59 Å². The normalized spacial score (nSPS) is 18.3. The molecular formula is C17H23N3O5S. The number of thioether (sulfide) groups is 1. The lowest BCUT2D eigenvalue weighted by Crippen LogP contribution is -2.37. The number of rotatable bonds is 8. The Balaban J connectivity index is 2.17. The number of hydrogen-bond acceptors (Lipinski definition) is 8. The first-order chi connectivity index (χ1) is 12.5. The molecule has 1 aliphatic heterocycles. The van der Waals surface area contributed by atoms with Gasteiger partial charge in [0.15, 0.2) is 0 Å². The molecular weight excluding hydrogens is 358 g/mol. The van der Waals surface area contributed by atoms with Gasteiger partial charge in [-0.05, 0) is 20.3 Å². The van der Waals surface area contributed by atoms with Crippen LogP contribution in [0.4, 0.5) is 0 Å². The average Bonchev–Trinajstić information content (AvgIpc) is 3.10. The fourth-order valence-corrected chi connectivity index (χ4v) is 3.48. The highest BCUT2D eigenvalue weighted by Gasteiger charge is 2.29. The van der Waals surface area contributed by atoms with E-state index in [4.69, 9.17) is 14.4 Å². The fourth-order valence-electron chi connectivity index (χ4n) is 2.49. The third-order valence-electron chi connectivity index (χ3n) is 3.72. The van der Waals surface area contributed by atoms with Crippen molar-refractivity contribution >= 4 is 28.4 Å². The summed E-state index contributed by atoms with van der Waals surface area (Å²) in [4.78, 5) is 28.6. The predicted octanol–water partition coefficient (Wildman–Crippen LogP) is 2.36. The number of nitrogens with one attached hydrogen (secondary N) is 1. The van der Waals surface area contributed by atoms with Crippen molar-refractivity contribution in [2.75, 3.05) is 12.4 Å². The molecule has 2 rings (SSSR count). The van der Waals surface area contributed by atoms with Crippen LogP contribution in [0, 0.1) is 0 Å². The maximum Gasteiger partial charge on any atom is 0.339 e. The Labute approximate surface area is 155 Å². The zero-order valence-electron chi connectivity index (χ0n) is 15.0. The summed E-state index contributed by atoms with van der Waals surface area (Å²) in [6.07, 6.45) is 1.40. The van der Waals surface area contributed by atoms with E-state index in [1.807, 2.05) is 13.8 Å². The predicted molar refractivity (Wildman–Crippen MR) is 101 cm³/mol. The van der Waals surface area contributed by atoms with Gasteiger partial charge in [0.1, 0.15) is 28.3 Å². The summed E-state index contributed by atoms with van der Waals surface area (Å²) in [5.41, 5.74) is -0.140. The molecule has 9 heteroatoms. The minimum absolute atomic E-state index is 0.263. The Hall–Kier alpha value is -2.29. The van der Waals surface area contributed by atoms with E-state index in [0.717, 1.165) is 6.42 Å². The van der Waals surface area contributed by atoms with Crippen LogP contribution in [0.5, 0.6) is 5.75 Å². The molecule has 26 heavy (non-hydrogen) atoms. The van der Waals surface area contributed by atoms with Gasteiger partial charge in [-0.25, -0.2) is 4.79 Å². The first-order valence-electron chi connectivity index (χ1n) is 8.46. The van der Waals surface area contributed by atoms with E-state index < -0.39 is 17.7 Å². The van der Waals surface area contributed by atoms with Crippen molar-refractivity contribution in [3.63, 3.8) is 0 Å². The Bertz CT molecular complexity index is 759. The number of oxime groups is 1. The molecule has 2 atom stereocenters. The topological polar surface area (TPSA) is 113 Å². The van der Waals surface area contributed by atoms with Gasteiger partial charge < -0.3 is 19.7 Å². The van der Waals surface area contributed by atoms with Gasteiger partial charge >= 0.3 is 5.63 Å².